The van der Waals surface area contributed by atoms with E-state index in [1.54, 1.807) is 18.9 Å². The molecule has 4 aromatic heterocycles. The van der Waals surface area contributed by atoms with E-state index in [4.69, 9.17) is 0 Å². The van der Waals surface area contributed by atoms with Crippen molar-refractivity contribution in [1.29, 1.82) is 0 Å². The topological polar surface area (TPSA) is 73.8 Å². The summed E-state index contributed by atoms with van der Waals surface area (Å²) in [4.78, 5) is 19.1. The molecule has 1 aliphatic rings. The van der Waals surface area contributed by atoms with Crippen LogP contribution >= 0.6 is 0 Å². The Morgan fingerprint density at radius 2 is 1.81 bits per heavy atom. The summed E-state index contributed by atoms with van der Waals surface area (Å²) in [7, 11) is 3.04. The van der Waals surface area contributed by atoms with E-state index in [1.165, 1.54) is 36.3 Å². The smallest absolute Gasteiger partial charge is 0.330 e. The first-order chi connectivity index (χ1) is 17.3. The molecule has 1 amide bonds. The summed E-state index contributed by atoms with van der Waals surface area (Å²) in [6, 6.07) is 3.33. The number of nitrogens with zero attached hydrogens (tertiary/aromatic N) is 7. The minimum atomic E-state index is -4.60. The minimum absolute atomic E-state index is 0.0466. The van der Waals surface area contributed by atoms with E-state index in [-0.39, 0.29) is 23.4 Å². The zero-order chi connectivity index (χ0) is 26.9. The molecule has 0 spiro atoms. The van der Waals surface area contributed by atoms with Crippen molar-refractivity contribution in [2.45, 2.75) is 38.3 Å². The van der Waals surface area contributed by atoms with E-state index in [1.807, 2.05) is 0 Å². The first-order valence-electron chi connectivity index (χ1n) is 11.2. The van der Waals surface area contributed by atoms with Crippen LogP contribution in [0.2, 0.25) is 0 Å². The van der Waals surface area contributed by atoms with Crippen molar-refractivity contribution in [3.63, 3.8) is 0 Å². The van der Waals surface area contributed by atoms with Crippen LogP contribution in [0.15, 0.2) is 30.6 Å². The Morgan fingerprint density at radius 3 is 2.46 bits per heavy atom. The van der Waals surface area contributed by atoms with Crippen molar-refractivity contribution < 1.29 is 31.1 Å². The van der Waals surface area contributed by atoms with Crippen molar-refractivity contribution in [3.05, 3.63) is 53.1 Å². The SMILES string of the molecule is C[C@H]1c2nn(C)c(-c3cc(C(F)(F)F)nn3C)c2CCN1C(=O)c1ccnc2c1ccn2CC(F)(F)F. The molecule has 5 rings (SSSR count). The number of halogens is 6. The van der Waals surface area contributed by atoms with Crippen LogP contribution in [-0.2, 0) is 33.2 Å². The highest BCUT2D eigenvalue weighted by Gasteiger charge is 2.38. The van der Waals surface area contributed by atoms with Gasteiger partial charge in [0.1, 0.15) is 12.2 Å². The zero-order valence-corrected chi connectivity index (χ0v) is 19.9. The highest BCUT2D eigenvalue weighted by Crippen LogP contribution is 2.38. The van der Waals surface area contributed by atoms with Gasteiger partial charge in [-0.3, -0.25) is 14.2 Å². The number of carbonyl (C=O) groups excluding carboxylic acids is 1. The molecular formula is C23H21F6N7O. The molecule has 1 atom stereocenters. The molecule has 0 N–H and O–H groups in total. The normalized spacial score (nSPS) is 16.5. The molecule has 0 bridgehead atoms. The number of hydrogen-bond donors (Lipinski definition) is 0. The second-order valence-electron chi connectivity index (χ2n) is 8.95. The van der Waals surface area contributed by atoms with Crippen molar-refractivity contribution in [2.75, 3.05) is 6.54 Å². The molecule has 37 heavy (non-hydrogen) atoms. The Morgan fingerprint density at radius 1 is 1.08 bits per heavy atom. The second kappa shape index (κ2) is 8.35. The third kappa shape index (κ3) is 4.23. The van der Waals surface area contributed by atoms with Gasteiger partial charge in [0.2, 0.25) is 0 Å². The Kier molecular flexibility index (Phi) is 5.60. The number of hydrogen-bond acceptors (Lipinski definition) is 4. The fourth-order valence-electron chi connectivity index (χ4n) is 4.92. The largest absolute Gasteiger partial charge is 0.435 e. The van der Waals surface area contributed by atoms with Gasteiger partial charge in [-0.25, -0.2) is 4.98 Å². The molecule has 196 valence electrons. The van der Waals surface area contributed by atoms with Gasteiger partial charge >= 0.3 is 12.4 Å². The van der Waals surface area contributed by atoms with Gasteiger partial charge < -0.3 is 9.47 Å². The van der Waals surface area contributed by atoms with E-state index in [0.29, 0.717) is 28.8 Å². The monoisotopic (exact) mass is 525 g/mol. The lowest BCUT2D eigenvalue weighted by molar-refractivity contribution is -0.141. The number of aryl methyl sites for hydroxylation is 2. The lowest BCUT2D eigenvalue weighted by Gasteiger charge is -2.33. The van der Waals surface area contributed by atoms with Gasteiger partial charge in [-0.1, -0.05) is 0 Å². The number of fused-ring (bicyclic) bond motifs is 2. The average molecular weight is 525 g/mol. The van der Waals surface area contributed by atoms with Crippen LogP contribution in [0.5, 0.6) is 0 Å². The van der Waals surface area contributed by atoms with Crippen molar-refractivity contribution in [2.24, 2.45) is 14.1 Å². The number of pyridine rings is 1. The lowest BCUT2D eigenvalue weighted by atomic mass is 9.96. The van der Waals surface area contributed by atoms with Gasteiger partial charge in [0.05, 0.1) is 28.7 Å². The Hall–Kier alpha value is -3.84. The van der Waals surface area contributed by atoms with E-state index >= 15 is 0 Å². The third-order valence-corrected chi connectivity index (χ3v) is 6.56. The van der Waals surface area contributed by atoms with E-state index < -0.39 is 36.5 Å². The maximum atomic E-state index is 13.6. The third-order valence-electron chi connectivity index (χ3n) is 6.56. The van der Waals surface area contributed by atoms with Crippen LogP contribution in [0.4, 0.5) is 26.3 Å². The number of alkyl halides is 6. The highest BCUT2D eigenvalue weighted by atomic mass is 19.4. The first-order valence-corrected chi connectivity index (χ1v) is 11.2. The molecule has 0 aliphatic carbocycles. The summed E-state index contributed by atoms with van der Waals surface area (Å²) in [5, 5.41) is 8.40. The van der Waals surface area contributed by atoms with Crippen LogP contribution in [0.1, 0.15) is 40.3 Å². The molecule has 0 saturated carbocycles. The fourth-order valence-corrected chi connectivity index (χ4v) is 4.92. The Labute approximate surface area is 206 Å². The predicted molar refractivity (Wildman–Crippen MR) is 119 cm³/mol. The molecular weight excluding hydrogens is 504 g/mol. The molecule has 0 unspecified atom stereocenters. The second-order valence-corrected chi connectivity index (χ2v) is 8.95. The minimum Gasteiger partial charge on any atom is -0.330 e. The summed E-state index contributed by atoms with van der Waals surface area (Å²) < 4.78 is 82.0. The van der Waals surface area contributed by atoms with E-state index in [2.05, 4.69) is 15.2 Å². The lowest BCUT2D eigenvalue weighted by Crippen LogP contribution is -2.39. The molecule has 14 heteroatoms. The first kappa shape index (κ1) is 24.8. The van der Waals surface area contributed by atoms with Crippen LogP contribution in [0, 0.1) is 0 Å². The fraction of sp³-hybridized carbons (Fsp3) is 0.391. The van der Waals surface area contributed by atoms with Crippen molar-refractivity contribution >= 4 is 16.9 Å². The molecule has 4 aromatic rings. The summed E-state index contributed by atoms with van der Waals surface area (Å²) in [6.45, 7) is 0.762. The standard InChI is InChI=1S/C23H21F6N7O/c1-12-18-15(19(34(3)32-18)16-10-17(23(27,28)29)31-33(16)2)6-9-36(12)21(37)14-4-7-30-20-13(14)5-8-35(20)11-22(24,25)26/h4-5,7-8,10,12H,6,9,11H2,1-3H3/t12-/m0/s1. The maximum absolute atomic E-state index is 13.6. The number of aromatic nitrogens is 6. The van der Waals surface area contributed by atoms with Crippen LogP contribution < -0.4 is 0 Å². The van der Waals surface area contributed by atoms with Crippen LogP contribution in [0.25, 0.3) is 22.4 Å². The predicted octanol–water partition coefficient (Wildman–Crippen LogP) is 4.51. The average Bonchev–Trinajstić information content (AvgIpc) is 3.47. The molecule has 0 saturated heterocycles. The summed E-state index contributed by atoms with van der Waals surface area (Å²) in [5.41, 5.74) is 1.22. The van der Waals surface area contributed by atoms with Crippen LogP contribution in [0.3, 0.4) is 0 Å². The molecule has 5 heterocycles. The van der Waals surface area contributed by atoms with Gasteiger partial charge in [-0.15, -0.1) is 0 Å². The van der Waals surface area contributed by atoms with Gasteiger partial charge in [0.25, 0.3) is 5.91 Å². The molecule has 0 aromatic carbocycles. The molecule has 0 fully saturated rings. The zero-order valence-electron chi connectivity index (χ0n) is 19.9. The van der Waals surface area contributed by atoms with Crippen LogP contribution in [-0.4, -0.2) is 52.6 Å². The quantitative estimate of drug-likeness (QED) is 0.369. The molecule has 8 nitrogen and oxygen atoms in total. The summed E-state index contributed by atoms with van der Waals surface area (Å²) in [5.74, 6) is -0.401. The number of amides is 1. The van der Waals surface area contributed by atoms with Crippen molar-refractivity contribution in [3.8, 4) is 11.4 Å². The Bertz CT molecular complexity index is 1510. The van der Waals surface area contributed by atoms with Gasteiger partial charge in [0, 0.05) is 44.0 Å². The molecule has 1 aliphatic heterocycles. The number of carbonyl (C=O) groups is 1. The highest BCUT2D eigenvalue weighted by molar-refractivity contribution is 6.05. The Balaban J connectivity index is 1.49. The number of rotatable bonds is 3. The summed E-state index contributed by atoms with van der Waals surface area (Å²) in [6.07, 6.45) is -6.18. The van der Waals surface area contributed by atoms with Crippen molar-refractivity contribution in [1.82, 2.24) is 34.0 Å². The van der Waals surface area contributed by atoms with E-state index in [0.717, 1.165) is 15.3 Å². The van der Waals surface area contributed by atoms with E-state index in [9.17, 15) is 31.1 Å². The van der Waals surface area contributed by atoms with Gasteiger partial charge in [-0.2, -0.15) is 36.5 Å². The van der Waals surface area contributed by atoms with Gasteiger partial charge in [-0.05, 0) is 31.5 Å². The maximum Gasteiger partial charge on any atom is 0.435 e. The summed E-state index contributed by atoms with van der Waals surface area (Å²) >= 11 is 0. The molecule has 0 radical (unpaired) electrons. The van der Waals surface area contributed by atoms with Gasteiger partial charge in [0.15, 0.2) is 5.69 Å².